The van der Waals surface area contributed by atoms with Crippen LogP contribution in [0.4, 0.5) is 0 Å². The summed E-state index contributed by atoms with van der Waals surface area (Å²) in [5.74, 6) is -0.216. The summed E-state index contributed by atoms with van der Waals surface area (Å²) in [5.41, 5.74) is 0.238. The number of methoxy groups -OCH3 is 1. The van der Waals surface area contributed by atoms with E-state index >= 15 is 0 Å². The van der Waals surface area contributed by atoms with E-state index in [4.69, 9.17) is 4.74 Å². The van der Waals surface area contributed by atoms with Gasteiger partial charge in [0.05, 0.1) is 17.1 Å². The highest BCUT2D eigenvalue weighted by Gasteiger charge is 2.20. The molecule has 8 nitrogen and oxygen atoms in total. The Hall–Kier alpha value is -1.49. The van der Waals surface area contributed by atoms with Crippen LogP contribution in [0.15, 0.2) is 27.6 Å². The van der Waals surface area contributed by atoms with Crippen LogP contribution in [0.1, 0.15) is 29.6 Å². The number of hydrogen-bond acceptors (Lipinski definition) is 5. The third-order valence-electron chi connectivity index (χ3n) is 4.15. The van der Waals surface area contributed by atoms with E-state index in [1.165, 1.54) is 25.3 Å². The SMILES string of the molecule is COCCNS(=O)(=O)c1ccc(Br)c(C(=O)NCCCN2CCCC2=O)c1. The zero-order valence-corrected chi connectivity index (χ0v) is 17.6. The highest BCUT2D eigenvalue weighted by Crippen LogP contribution is 2.21. The van der Waals surface area contributed by atoms with Crippen LogP contribution in [-0.4, -0.2) is 65.0 Å². The number of benzene rings is 1. The van der Waals surface area contributed by atoms with Gasteiger partial charge in [0.15, 0.2) is 0 Å². The van der Waals surface area contributed by atoms with E-state index in [0.29, 0.717) is 30.4 Å². The van der Waals surface area contributed by atoms with Crippen molar-refractivity contribution in [3.8, 4) is 0 Å². The predicted octanol–water partition coefficient (Wildman–Crippen LogP) is 1.12. The number of amides is 2. The first-order valence-electron chi connectivity index (χ1n) is 8.69. The molecule has 1 aliphatic heterocycles. The van der Waals surface area contributed by atoms with Crippen LogP contribution in [-0.2, 0) is 19.6 Å². The number of hydrogen-bond donors (Lipinski definition) is 2. The Morgan fingerprint density at radius 3 is 2.78 bits per heavy atom. The molecule has 0 atom stereocenters. The van der Waals surface area contributed by atoms with Crippen molar-refractivity contribution in [1.29, 1.82) is 0 Å². The lowest BCUT2D eigenvalue weighted by atomic mass is 10.2. The lowest BCUT2D eigenvalue weighted by Crippen LogP contribution is -2.31. The van der Waals surface area contributed by atoms with Gasteiger partial charge < -0.3 is 15.0 Å². The number of halogens is 1. The second-order valence-electron chi connectivity index (χ2n) is 6.13. The molecular weight excluding hydrogens is 438 g/mol. The molecule has 0 aromatic heterocycles. The summed E-state index contributed by atoms with van der Waals surface area (Å²) in [7, 11) is -2.24. The van der Waals surface area contributed by atoms with E-state index in [1.807, 2.05) is 0 Å². The third-order valence-corrected chi connectivity index (χ3v) is 6.30. The zero-order valence-electron chi connectivity index (χ0n) is 15.2. The average molecular weight is 462 g/mol. The Morgan fingerprint density at radius 2 is 2.11 bits per heavy atom. The third kappa shape index (κ3) is 6.27. The molecule has 1 aliphatic rings. The van der Waals surface area contributed by atoms with E-state index in [1.54, 1.807) is 4.90 Å². The molecule has 1 aromatic rings. The van der Waals surface area contributed by atoms with Gasteiger partial charge in [-0.1, -0.05) is 0 Å². The first-order valence-corrected chi connectivity index (χ1v) is 11.0. The average Bonchev–Trinajstić information content (AvgIpc) is 3.04. The highest BCUT2D eigenvalue weighted by molar-refractivity contribution is 9.10. The van der Waals surface area contributed by atoms with Gasteiger partial charge in [-0.05, 0) is 47.0 Å². The molecule has 0 saturated carbocycles. The number of nitrogens with zero attached hydrogens (tertiary/aromatic N) is 1. The van der Waals surface area contributed by atoms with Crippen LogP contribution in [0.5, 0.6) is 0 Å². The number of ether oxygens (including phenoxy) is 1. The molecule has 0 unspecified atom stereocenters. The second-order valence-corrected chi connectivity index (χ2v) is 8.75. The molecule has 150 valence electrons. The second kappa shape index (κ2) is 10.2. The molecule has 10 heteroatoms. The standard InChI is InChI=1S/C17H24BrN3O5S/c1-26-11-8-20-27(24,25)13-5-6-15(18)14(12-13)17(23)19-7-3-10-21-9-2-4-16(21)22/h5-6,12,20H,2-4,7-11H2,1H3,(H,19,23). The van der Waals surface area contributed by atoms with Crippen LogP contribution in [0, 0.1) is 0 Å². The van der Waals surface area contributed by atoms with Crippen LogP contribution in [0.3, 0.4) is 0 Å². The molecule has 0 aliphatic carbocycles. The Kier molecular flexibility index (Phi) is 8.21. The van der Waals surface area contributed by atoms with Crippen LogP contribution in [0.2, 0.25) is 0 Å². The lowest BCUT2D eigenvalue weighted by Gasteiger charge is -2.15. The predicted molar refractivity (Wildman–Crippen MR) is 104 cm³/mol. The van der Waals surface area contributed by atoms with Gasteiger partial charge in [-0.2, -0.15) is 0 Å². The molecule has 1 fully saturated rings. The molecule has 0 radical (unpaired) electrons. The monoisotopic (exact) mass is 461 g/mol. The maximum absolute atomic E-state index is 12.4. The van der Waals surface area contributed by atoms with Gasteiger partial charge in [0.25, 0.3) is 5.91 Å². The van der Waals surface area contributed by atoms with Gasteiger partial charge in [0.2, 0.25) is 15.9 Å². The van der Waals surface area contributed by atoms with Gasteiger partial charge in [-0.25, -0.2) is 13.1 Å². The van der Waals surface area contributed by atoms with Crippen molar-refractivity contribution in [2.75, 3.05) is 39.9 Å². The minimum Gasteiger partial charge on any atom is -0.383 e. The number of carbonyl (C=O) groups is 2. The molecule has 0 bridgehead atoms. The first-order chi connectivity index (χ1) is 12.8. The number of rotatable bonds is 10. The molecule has 1 heterocycles. The maximum Gasteiger partial charge on any atom is 0.252 e. The summed E-state index contributed by atoms with van der Waals surface area (Å²) in [5, 5.41) is 2.77. The maximum atomic E-state index is 12.4. The Balaban J connectivity index is 1.94. The summed E-state index contributed by atoms with van der Waals surface area (Å²) >= 11 is 3.28. The van der Waals surface area contributed by atoms with E-state index < -0.39 is 10.0 Å². The van der Waals surface area contributed by atoms with Crippen molar-refractivity contribution >= 4 is 37.8 Å². The molecule has 2 rings (SSSR count). The molecule has 1 aromatic carbocycles. The van der Waals surface area contributed by atoms with Crippen molar-refractivity contribution in [2.24, 2.45) is 0 Å². The quantitative estimate of drug-likeness (QED) is 0.507. The van der Waals surface area contributed by atoms with Crippen LogP contribution < -0.4 is 10.0 Å². The molecule has 2 amide bonds. The Morgan fingerprint density at radius 1 is 1.33 bits per heavy atom. The topological polar surface area (TPSA) is 105 Å². The molecular formula is C17H24BrN3O5S. The van der Waals surface area contributed by atoms with E-state index in [0.717, 1.165) is 13.0 Å². The number of nitrogens with one attached hydrogen (secondary N) is 2. The Bertz CT molecular complexity index is 785. The first kappa shape index (κ1) is 21.8. The minimum absolute atomic E-state index is 0.00890. The largest absolute Gasteiger partial charge is 0.383 e. The van der Waals surface area contributed by atoms with E-state index in [9.17, 15) is 18.0 Å². The normalized spacial score (nSPS) is 14.6. The summed E-state index contributed by atoms with van der Waals surface area (Å²) < 4.78 is 32.3. The fourth-order valence-electron chi connectivity index (χ4n) is 2.71. The summed E-state index contributed by atoms with van der Waals surface area (Å²) in [6.07, 6.45) is 2.13. The van der Waals surface area contributed by atoms with Gasteiger partial charge in [-0.3, -0.25) is 9.59 Å². The fourth-order valence-corrected chi connectivity index (χ4v) is 4.18. The molecule has 2 N–H and O–H groups in total. The van der Waals surface area contributed by atoms with Gasteiger partial charge in [0.1, 0.15) is 0 Å². The number of likely N-dealkylation sites (tertiary alicyclic amines) is 1. The molecule has 0 spiro atoms. The zero-order chi connectivity index (χ0) is 19.9. The van der Waals surface area contributed by atoms with Crippen molar-refractivity contribution < 1.29 is 22.7 Å². The van der Waals surface area contributed by atoms with Crippen LogP contribution in [0.25, 0.3) is 0 Å². The van der Waals surface area contributed by atoms with Gasteiger partial charge in [0, 0.05) is 44.2 Å². The molecule has 1 saturated heterocycles. The van der Waals surface area contributed by atoms with Crippen LogP contribution >= 0.6 is 15.9 Å². The summed E-state index contributed by atoms with van der Waals surface area (Å²) in [6.45, 7) is 2.18. The summed E-state index contributed by atoms with van der Waals surface area (Å²) in [4.78, 5) is 25.8. The Labute approximate surface area is 167 Å². The minimum atomic E-state index is -3.72. The fraction of sp³-hybridized carbons (Fsp3) is 0.529. The van der Waals surface area contributed by atoms with Crippen molar-refractivity contribution in [1.82, 2.24) is 14.9 Å². The van der Waals surface area contributed by atoms with Gasteiger partial charge >= 0.3 is 0 Å². The number of sulfonamides is 1. The van der Waals surface area contributed by atoms with Crippen molar-refractivity contribution in [2.45, 2.75) is 24.2 Å². The van der Waals surface area contributed by atoms with Crippen molar-refractivity contribution in [3.05, 3.63) is 28.2 Å². The summed E-state index contributed by atoms with van der Waals surface area (Å²) in [6, 6.07) is 4.29. The smallest absolute Gasteiger partial charge is 0.252 e. The van der Waals surface area contributed by atoms with Crippen molar-refractivity contribution in [3.63, 3.8) is 0 Å². The van der Waals surface area contributed by atoms with Gasteiger partial charge in [-0.15, -0.1) is 0 Å². The van der Waals surface area contributed by atoms with E-state index in [2.05, 4.69) is 26.0 Å². The van der Waals surface area contributed by atoms with E-state index in [-0.39, 0.29) is 35.4 Å². The lowest BCUT2D eigenvalue weighted by molar-refractivity contribution is -0.127. The molecule has 27 heavy (non-hydrogen) atoms. The highest BCUT2D eigenvalue weighted by atomic mass is 79.9. The number of carbonyl (C=O) groups excluding carboxylic acids is 2.